The van der Waals surface area contributed by atoms with Crippen LogP contribution >= 0.6 is 0 Å². The van der Waals surface area contributed by atoms with Crippen LogP contribution in [0.2, 0.25) is 0 Å². The maximum Gasteiger partial charge on any atom is 0.417 e. The Morgan fingerprint density at radius 1 is 1.32 bits per heavy atom. The molecule has 2 atom stereocenters. The predicted octanol–water partition coefficient (Wildman–Crippen LogP) is 2.33. The van der Waals surface area contributed by atoms with E-state index in [9.17, 15) is 23.1 Å². The Balaban J connectivity index is 1.57. The summed E-state index contributed by atoms with van der Waals surface area (Å²) in [5.74, 6) is -0.365. The lowest BCUT2D eigenvalue weighted by Gasteiger charge is -2.43. The number of nitrogens with zero attached hydrogens (tertiary/aromatic N) is 5. The molecule has 2 aromatic rings. The number of nitriles is 1. The van der Waals surface area contributed by atoms with Gasteiger partial charge in [-0.1, -0.05) is 0 Å². The van der Waals surface area contributed by atoms with Gasteiger partial charge >= 0.3 is 6.18 Å². The van der Waals surface area contributed by atoms with Crippen molar-refractivity contribution in [2.45, 2.75) is 12.6 Å². The molecule has 2 aliphatic rings. The van der Waals surface area contributed by atoms with Crippen molar-refractivity contribution in [2.75, 3.05) is 37.7 Å². The SMILES string of the molecule is N#Cc1ccc(N2CC[C@@]3(CO)CN(C(=O)c4ccncn4)C[C@H]3C2)cc1C(F)(F)F. The molecule has 0 radical (unpaired) electrons. The molecular formula is C21H20F3N5O2. The summed E-state index contributed by atoms with van der Waals surface area (Å²) in [6, 6.07) is 6.82. The number of hydrogen-bond acceptors (Lipinski definition) is 6. The molecule has 0 bridgehead atoms. The zero-order valence-corrected chi connectivity index (χ0v) is 16.5. The molecular weight excluding hydrogens is 411 g/mol. The minimum absolute atomic E-state index is 0.109. The number of amides is 1. The van der Waals surface area contributed by atoms with E-state index in [1.165, 1.54) is 30.7 Å². The molecule has 1 aromatic heterocycles. The number of likely N-dealkylation sites (tertiary alicyclic amines) is 1. The van der Waals surface area contributed by atoms with Crippen molar-refractivity contribution in [1.29, 1.82) is 5.26 Å². The molecule has 0 saturated carbocycles. The number of rotatable bonds is 3. The number of anilines is 1. The Labute approximate surface area is 176 Å². The van der Waals surface area contributed by atoms with E-state index >= 15 is 0 Å². The van der Waals surface area contributed by atoms with Crippen molar-refractivity contribution in [3.8, 4) is 6.07 Å². The first kappa shape index (κ1) is 21.1. The normalized spacial score (nSPS) is 23.4. The molecule has 1 N–H and O–H groups in total. The molecule has 2 aliphatic heterocycles. The van der Waals surface area contributed by atoms with Gasteiger partial charge in [-0.3, -0.25) is 4.79 Å². The van der Waals surface area contributed by atoms with Gasteiger partial charge in [0.1, 0.15) is 12.0 Å². The maximum atomic E-state index is 13.4. The Kier molecular flexibility index (Phi) is 5.31. The van der Waals surface area contributed by atoms with Crippen molar-refractivity contribution in [2.24, 2.45) is 11.3 Å². The van der Waals surface area contributed by atoms with E-state index in [-0.39, 0.29) is 24.1 Å². The molecule has 0 spiro atoms. The van der Waals surface area contributed by atoms with Crippen LogP contribution in [-0.4, -0.2) is 58.7 Å². The molecule has 1 aromatic carbocycles. The summed E-state index contributed by atoms with van der Waals surface area (Å²) in [7, 11) is 0. The number of halogens is 3. The predicted molar refractivity (Wildman–Crippen MR) is 104 cm³/mol. The van der Waals surface area contributed by atoms with E-state index in [4.69, 9.17) is 5.26 Å². The summed E-state index contributed by atoms with van der Waals surface area (Å²) >= 11 is 0. The number of carbonyl (C=O) groups excluding carboxylic acids is 1. The average molecular weight is 431 g/mol. The summed E-state index contributed by atoms with van der Waals surface area (Å²) in [5, 5.41) is 19.1. The van der Waals surface area contributed by atoms with Crippen molar-refractivity contribution in [3.63, 3.8) is 0 Å². The van der Waals surface area contributed by atoms with Crippen molar-refractivity contribution < 1.29 is 23.1 Å². The Morgan fingerprint density at radius 2 is 2.13 bits per heavy atom. The van der Waals surface area contributed by atoms with Crippen LogP contribution in [0.5, 0.6) is 0 Å². The monoisotopic (exact) mass is 431 g/mol. The fourth-order valence-corrected chi connectivity index (χ4v) is 4.57. The molecule has 1 amide bonds. The second kappa shape index (κ2) is 7.81. The standard InChI is InChI=1S/C21H20F3N5O2/c22-21(23,24)17-7-16(2-1-14(17)8-25)28-6-4-20(12-30)11-29(10-15(20)9-28)19(31)18-3-5-26-13-27-18/h1-3,5,7,13,15,30H,4,6,9-12H2/t15-,20+/m1/s1. The van der Waals surface area contributed by atoms with E-state index in [0.29, 0.717) is 38.3 Å². The molecule has 7 nitrogen and oxygen atoms in total. The fourth-order valence-electron chi connectivity index (χ4n) is 4.57. The highest BCUT2D eigenvalue weighted by Gasteiger charge is 2.50. The van der Waals surface area contributed by atoms with Crippen molar-refractivity contribution in [1.82, 2.24) is 14.9 Å². The molecule has 10 heteroatoms. The number of piperidine rings is 1. The van der Waals surface area contributed by atoms with Crippen molar-refractivity contribution in [3.05, 3.63) is 53.6 Å². The summed E-state index contributed by atoms with van der Waals surface area (Å²) in [4.78, 5) is 24.1. The number of hydrogen-bond donors (Lipinski definition) is 1. The first-order valence-electron chi connectivity index (χ1n) is 9.80. The number of alkyl halides is 3. The second-order valence-electron chi connectivity index (χ2n) is 8.03. The number of aliphatic hydroxyl groups is 1. The number of carbonyl (C=O) groups is 1. The number of aromatic nitrogens is 2. The third-order valence-corrected chi connectivity index (χ3v) is 6.33. The van der Waals surface area contributed by atoms with Gasteiger partial charge in [0.15, 0.2) is 0 Å². The summed E-state index contributed by atoms with van der Waals surface area (Å²) < 4.78 is 40.1. The Hall–Kier alpha value is -3.19. The number of benzene rings is 1. The highest BCUT2D eigenvalue weighted by atomic mass is 19.4. The van der Waals surface area contributed by atoms with Crippen molar-refractivity contribution >= 4 is 11.6 Å². The maximum absolute atomic E-state index is 13.4. The van der Waals surface area contributed by atoms with E-state index in [1.807, 2.05) is 4.90 Å². The van der Waals surface area contributed by atoms with E-state index < -0.39 is 22.7 Å². The number of aliphatic hydroxyl groups excluding tert-OH is 1. The zero-order valence-electron chi connectivity index (χ0n) is 16.5. The van der Waals surface area contributed by atoms with Gasteiger partial charge in [0.25, 0.3) is 5.91 Å². The van der Waals surface area contributed by atoms with Gasteiger partial charge < -0.3 is 14.9 Å². The molecule has 3 heterocycles. The first-order chi connectivity index (χ1) is 14.8. The molecule has 0 aliphatic carbocycles. The quantitative estimate of drug-likeness (QED) is 0.802. The lowest BCUT2D eigenvalue weighted by Crippen LogP contribution is -2.49. The second-order valence-corrected chi connectivity index (χ2v) is 8.03. The minimum atomic E-state index is -4.63. The molecule has 162 valence electrons. The van der Waals surface area contributed by atoms with Crippen LogP contribution in [0.4, 0.5) is 18.9 Å². The third kappa shape index (κ3) is 3.81. The first-order valence-corrected chi connectivity index (χ1v) is 9.80. The highest BCUT2D eigenvalue weighted by Crippen LogP contribution is 2.44. The van der Waals surface area contributed by atoms with Gasteiger partial charge in [-0.05, 0) is 30.7 Å². The van der Waals surface area contributed by atoms with E-state index in [2.05, 4.69) is 9.97 Å². The summed E-state index contributed by atoms with van der Waals surface area (Å²) in [6.45, 7) is 1.47. The van der Waals surface area contributed by atoms with Gasteiger partial charge in [-0.15, -0.1) is 0 Å². The van der Waals surface area contributed by atoms with Gasteiger partial charge in [-0.25, -0.2) is 9.97 Å². The molecule has 31 heavy (non-hydrogen) atoms. The lowest BCUT2D eigenvalue weighted by atomic mass is 9.73. The van der Waals surface area contributed by atoms with E-state index in [0.717, 1.165) is 6.07 Å². The molecule has 0 unspecified atom stereocenters. The summed E-state index contributed by atoms with van der Waals surface area (Å²) in [6.07, 6.45) is -1.32. The van der Waals surface area contributed by atoms with Crippen LogP contribution in [0.25, 0.3) is 0 Å². The van der Waals surface area contributed by atoms with Gasteiger partial charge in [0.05, 0.1) is 23.8 Å². The van der Waals surface area contributed by atoms with Crippen LogP contribution in [0, 0.1) is 22.7 Å². The van der Waals surface area contributed by atoms with Crippen LogP contribution in [-0.2, 0) is 6.18 Å². The van der Waals surface area contributed by atoms with Crippen LogP contribution in [0.1, 0.15) is 28.0 Å². The minimum Gasteiger partial charge on any atom is -0.396 e. The summed E-state index contributed by atoms with van der Waals surface area (Å²) in [5.41, 5.74) is -1.24. The molecule has 2 fully saturated rings. The smallest absolute Gasteiger partial charge is 0.396 e. The van der Waals surface area contributed by atoms with E-state index in [1.54, 1.807) is 11.0 Å². The molecule has 2 saturated heterocycles. The van der Waals surface area contributed by atoms with Gasteiger partial charge in [0.2, 0.25) is 0 Å². The van der Waals surface area contributed by atoms with Gasteiger partial charge in [-0.2, -0.15) is 18.4 Å². The lowest BCUT2D eigenvalue weighted by molar-refractivity contribution is -0.137. The molecule has 4 rings (SSSR count). The third-order valence-electron chi connectivity index (χ3n) is 6.33. The zero-order chi connectivity index (χ0) is 22.2. The van der Waals surface area contributed by atoms with Crippen LogP contribution in [0.15, 0.2) is 36.8 Å². The number of fused-ring (bicyclic) bond motifs is 1. The fraction of sp³-hybridized carbons (Fsp3) is 0.429. The highest BCUT2D eigenvalue weighted by molar-refractivity contribution is 5.92. The largest absolute Gasteiger partial charge is 0.417 e. The van der Waals surface area contributed by atoms with Crippen LogP contribution < -0.4 is 4.90 Å². The van der Waals surface area contributed by atoms with Crippen LogP contribution in [0.3, 0.4) is 0 Å². The van der Waals surface area contributed by atoms with Gasteiger partial charge in [0, 0.05) is 49.4 Å². The topological polar surface area (TPSA) is 93.4 Å². The average Bonchev–Trinajstić information content (AvgIpc) is 3.17. The Morgan fingerprint density at radius 3 is 2.77 bits per heavy atom. The Bertz CT molecular complexity index is 1020.